The summed E-state index contributed by atoms with van der Waals surface area (Å²) in [5.41, 5.74) is 24.8. The van der Waals surface area contributed by atoms with Crippen molar-refractivity contribution >= 4 is 110 Å². The highest BCUT2D eigenvalue weighted by Gasteiger charge is 2.32. The molecule has 390 valence electrons. The first-order valence-corrected chi connectivity index (χ1v) is 28.3. The Balaban J connectivity index is 1.17. The molecule has 0 saturated heterocycles. The third-order valence-corrected chi connectivity index (χ3v) is 17.5. The van der Waals surface area contributed by atoms with Gasteiger partial charge in [0.25, 0.3) is 0 Å². The van der Waals surface area contributed by atoms with Crippen molar-refractivity contribution in [3.63, 3.8) is 0 Å². The van der Waals surface area contributed by atoms with Crippen LogP contribution in [0.2, 0.25) is 0 Å². The van der Waals surface area contributed by atoms with Gasteiger partial charge in [0, 0.05) is 65.8 Å². The molecule has 0 N–H and O–H groups in total. The molecule has 78 heavy (non-hydrogen) atoms. The highest BCUT2D eigenvalue weighted by atomic mass is 15.2. The number of aromatic nitrogens is 2. The number of aryl methyl sites for hydroxylation is 4. The second kappa shape index (κ2) is 16.8. The van der Waals surface area contributed by atoms with E-state index in [1.54, 1.807) is 0 Å². The van der Waals surface area contributed by atoms with Gasteiger partial charge in [-0.25, -0.2) is 0 Å². The summed E-state index contributed by atoms with van der Waals surface area (Å²) in [6, 6.07) is 61.3. The fraction of sp³-hybridized carbons (Fsp3) is 0.270. The summed E-state index contributed by atoms with van der Waals surface area (Å²) in [6.07, 6.45) is 0. The molecule has 4 heterocycles. The Morgan fingerprint density at radius 3 is 1.03 bits per heavy atom. The molecule has 0 spiro atoms. The maximum Gasteiger partial charge on any atom is 0.0641 e. The SMILES string of the molecule is Cc1ccc(N(c2cccc(C(C)(C)C)c2)c2ccc3c4cc5c(cc4n4c6c(C(C)(C)C)cccc6c2c34)c2ccc(N(c3cccc(C(C)(C)C)c3)c3ccc(C)c(C)c3)c3c4cccc(C(C)(C)C)c4n5c23)cc1C. The summed E-state index contributed by atoms with van der Waals surface area (Å²) in [4.78, 5) is 5.06. The third-order valence-electron chi connectivity index (χ3n) is 17.5. The van der Waals surface area contributed by atoms with Gasteiger partial charge in [0.1, 0.15) is 0 Å². The average molecular weight is 1020 g/mol. The average Bonchev–Trinajstić information content (AvgIpc) is 2.56. The quantitative estimate of drug-likeness (QED) is 0.165. The van der Waals surface area contributed by atoms with Gasteiger partial charge >= 0.3 is 0 Å². The Bertz CT molecular complexity index is 4290. The topological polar surface area (TPSA) is 15.3 Å². The first-order chi connectivity index (χ1) is 36.9. The number of hydrogen-bond donors (Lipinski definition) is 0. The molecule has 4 nitrogen and oxygen atoms in total. The van der Waals surface area contributed by atoms with Crippen LogP contribution in [0.4, 0.5) is 34.1 Å². The van der Waals surface area contributed by atoms with E-state index in [1.165, 1.54) is 132 Å². The summed E-state index contributed by atoms with van der Waals surface area (Å²) < 4.78 is 5.32. The van der Waals surface area contributed by atoms with Crippen LogP contribution in [0.5, 0.6) is 0 Å². The maximum absolute atomic E-state index is 2.66. The number of benzene rings is 9. The van der Waals surface area contributed by atoms with Gasteiger partial charge in [-0.1, -0.05) is 168 Å². The van der Waals surface area contributed by atoms with Gasteiger partial charge in [-0.3, -0.25) is 0 Å². The highest BCUT2D eigenvalue weighted by Crippen LogP contribution is 2.53. The molecule has 4 aromatic heterocycles. The van der Waals surface area contributed by atoms with Crippen LogP contribution in [-0.2, 0) is 21.7 Å². The van der Waals surface area contributed by atoms with E-state index in [1.807, 2.05) is 0 Å². The summed E-state index contributed by atoms with van der Waals surface area (Å²) in [7, 11) is 0. The molecule has 0 radical (unpaired) electrons. The van der Waals surface area contributed by atoms with E-state index in [0.717, 1.165) is 22.7 Å². The smallest absolute Gasteiger partial charge is 0.0641 e. The van der Waals surface area contributed by atoms with Gasteiger partial charge in [0.15, 0.2) is 0 Å². The van der Waals surface area contributed by atoms with E-state index in [2.05, 4.69) is 287 Å². The Labute approximate surface area is 461 Å². The number of fused-ring (bicyclic) bond motifs is 12. The lowest BCUT2D eigenvalue weighted by Crippen LogP contribution is -2.14. The van der Waals surface area contributed by atoms with Crippen LogP contribution >= 0.6 is 0 Å². The number of nitrogens with zero attached hydrogens (tertiary/aromatic N) is 4. The molecule has 9 aromatic carbocycles. The van der Waals surface area contributed by atoms with Crippen LogP contribution < -0.4 is 9.80 Å². The lowest BCUT2D eigenvalue weighted by molar-refractivity contribution is 0.590. The van der Waals surface area contributed by atoms with Gasteiger partial charge in [0.2, 0.25) is 0 Å². The predicted molar refractivity (Wildman–Crippen MR) is 339 cm³/mol. The van der Waals surface area contributed by atoms with Crippen LogP contribution in [-0.4, -0.2) is 8.80 Å². The second-order valence-corrected chi connectivity index (χ2v) is 27.0. The molecule has 0 unspecified atom stereocenters. The molecule has 13 aromatic rings. The van der Waals surface area contributed by atoms with Crippen molar-refractivity contribution in [1.29, 1.82) is 0 Å². The van der Waals surface area contributed by atoms with E-state index in [9.17, 15) is 0 Å². The maximum atomic E-state index is 2.66. The monoisotopic (exact) mass is 1020 g/mol. The molecule has 0 aliphatic carbocycles. The Kier molecular flexibility index (Phi) is 10.7. The first-order valence-electron chi connectivity index (χ1n) is 28.3. The van der Waals surface area contributed by atoms with Crippen molar-refractivity contribution in [3.8, 4) is 0 Å². The summed E-state index contributed by atoms with van der Waals surface area (Å²) >= 11 is 0. The highest BCUT2D eigenvalue weighted by molar-refractivity contribution is 6.32. The molecule has 0 amide bonds. The number of anilines is 6. The molecule has 0 aliphatic heterocycles. The van der Waals surface area contributed by atoms with Crippen molar-refractivity contribution in [2.45, 2.75) is 132 Å². The molecule has 0 bridgehead atoms. The fourth-order valence-corrected chi connectivity index (χ4v) is 13.0. The minimum Gasteiger partial charge on any atom is -0.310 e. The minimum absolute atomic E-state index is 0.0191. The summed E-state index contributed by atoms with van der Waals surface area (Å²) in [5.74, 6) is 0. The molecule has 13 rings (SSSR count). The third kappa shape index (κ3) is 7.38. The molecular formula is C74H74N4. The van der Waals surface area contributed by atoms with E-state index < -0.39 is 0 Å². The molecule has 0 aliphatic rings. The zero-order valence-electron chi connectivity index (χ0n) is 48.8. The number of rotatable bonds is 6. The Hall–Kier alpha value is -7.82. The number of para-hydroxylation sites is 2. The standard InChI is InChI=1S/C74H74N4/c1-43-29-31-51(37-45(43)3)75(49-23-17-21-47(39-49)71(5,6)7)61-35-33-53-57-41-64-58(42-63(57)77-67-55(65(61)69(53)77)25-19-27-59(67)73(11,12)13)54-34-36-62(66-56-26-20-28-60(74(14,15)16)68(56)78(64)70(54)66)76(52-32-30-44(2)46(4)38-52)50-24-18-22-48(40-50)72(8,9)10/h17-42H,1-16H3. The van der Waals surface area contributed by atoms with Crippen LogP contribution in [0.15, 0.2) is 158 Å². The largest absolute Gasteiger partial charge is 0.310 e. The zero-order chi connectivity index (χ0) is 54.9. The van der Waals surface area contributed by atoms with Crippen LogP contribution in [0, 0.1) is 27.7 Å². The normalized spacial score (nSPS) is 13.1. The zero-order valence-corrected chi connectivity index (χ0v) is 48.8. The Morgan fingerprint density at radius 1 is 0.295 bits per heavy atom. The van der Waals surface area contributed by atoms with Gasteiger partial charge < -0.3 is 18.6 Å². The lowest BCUT2D eigenvalue weighted by atomic mass is 9.85. The molecule has 0 saturated carbocycles. The van der Waals surface area contributed by atoms with E-state index in [-0.39, 0.29) is 21.7 Å². The van der Waals surface area contributed by atoms with Crippen molar-refractivity contribution in [1.82, 2.24) is 8.80 Å². The van der Waals surface area contributed by atoms with Gasteiger partial charge in [-0.2, -0.15) is 0 Å². The minimum atomic E-state index is -0.126. The van der Waals surface area contributed by atoms with Gasteiger partial charge in [-0.15, -0.1) is 0 Å². The molecule has 0 fully saturated rings. The molecule has 4 heteroatoms. The summed E-state index contributed by atoms with van der Waals surface area (Å²) in [6.45, 7) is 37.0. The molecule has 0 atom stereocenters. The van der Waals surface area contributed by atoms with Crippen LogP contribution in [0.1, 0.15) is 128 Å². The van der Waals surface area contributed by atoms with Gasteiger partial charge in [0.05, 0.1) is 44.5 Å². The van der Waals surface area contributed by atoms with Crippen molar-refractivity contribution in [2.75, 3.05) is 9.80 Å². The van der Waals surface area contributed by atoms with Crippen LogP contribution in [0.25, 0.3) is 76.2 Å². The van der Waals surface area contributed by atoms with Gasteiger partial charge in [-0.05, 0) is 167 Å². The van der Waals surface area contributed by atoms with Crippen molar-refractivity contribution < 1.29 is 0 Å². The number of hydrogen-bond acceptors (Lipinski definition) is 2. The van der Waals surface area contributed by atoms with E-state index in [4.69, 9.17) is 0 Å². The van der Waals surface area contributed by atoms with E-state index >= 15 is 0 Å². The first kappa shape index (κ1) is 49.7. The van der Waals surface area contributed by atoms with Crippen molar-refractivity contribution in [3.05, 3.63) is 202 Å². The predicted octanol–water partition coefficient (Wildman–Crippen LogP) is 21.4. The Morgan fingerprint density at radius 2 is 0.667 bits per heavy atom. The van der Waals surface area contributed by atoms with Crippen molar-refractivity contribution in [2.24, 2.45) is 0 Å². The lowest BCUT2D eigenvalue weighted by Gasteiger charge is -2.29. The molecular weight excluding hydrogens is 945 g/mol. The van der Waals surface area contributed by atoms with E-state index in [0.29, 0.717) is 0 Å². The van der Waals surface area contributed by atoms with Crippen LogP contribution in [0.3, 0.4) is 0 Å². The second-order valence-electron chi connectivity index (χ2n) is 27.0. The summed E-state index contributed by atoms with van der Waals surface area (Å²) in [5, 5.41) is 10.2. The fourth-order valence-electron chi connectivity index (χ4n) is 13.0.